The van der Waals surface area contributed by atoms with Gasteiger partial charge in [0.1, 0.15) is 23.9 Å². The van der Waals surface area contributed by atoms with Crippen LogP contribution < -0.4 is 20.1 Å². The minimum atomic E-state index is -0.499. The summed E-state index contributed by atoms with van der Waals surface area (Å²) in [6, 6.07) is 14.6. The molecule has 0 saturated carbocycles. The molecule has 2 N–H and O–H groups in total. The number of carbonyl (C=O) groups excluding carboxylic acids is 1. The van der Waals surface area contributed by atoms with Gasteiger partial charge in [-0.2, -0.15) is 10.1 Å². The predicted octanol–water partition coefficient (Wildman–Crippen LogP) is 4.00. The van der Waals surface area contributed by atoms with Crippen LogP contribution >= 0.6 is 0 Å². The number of anilines is 2. The molecule has 4 rings (SSSR count). The van der Waals surface area contributed by atoms with Crippen molar-refractivity contribution in [3.63, 3.8) is 0 Å². The molecule has 3 aromatic rings. The summed E-state index contributed by atoms with van der Waals surface area (Å²) in [7, 11) is 0. The number of ether oxygens (including phenoxy) is 2. The molecule has 8 heteroatoms. The smallest absolute Gasteiger partial charge is 0.255 e. The number of fused-ring (bicyclic) bond motifs is 1. The number of amides is 1. The second-order valence-corrected chi connectivity index (χ2v) is 6.95. The van der Waals surface area contributed by atoms with E-state index in [-0.39, 0.29) is 5.91 Å². The molecule has 0 fully saturated rings. The molecule has 1 aliphatic rings. The Morgan fingerprint density at radius 1 is 1.06 bits per heavy atom. The minimum absolute atomic E-state index is 0.255. The van der Waals surface area contributed by atoms with Gasteiger partial charge in [0.15, 0.2) is 0 Å². The summed E-state index contributed by atoms with van der Waals surface area (Å²) >= 11 is 0. The molecule has 0 bridgehead atoms. The van der Waals surface area contributed by atoms with E-state index < -0.39 is 6.04 Å². The van der Waals surface area contributed by atoms with E-state index in [9.17, 15) is 4.79 Å². The van der Waals surface area contributed by atoms with Crippen LogP contribution in [-0.2, 0) is 4.79 Å². The van der Waals surface area contributed by atoms with E-state index in [1.165, 1.54) is 6.33 Å². The van der Waals surface area contributed by atoms with Gasteiger partial charge in [0, 0.05) is 11.3 Å². The summed E-state index contributed by atoms with van der Waals surface area (Å²) in [5, 5.41) is 10.6. The third kappa shape index (κ3) is 3.96. The molecule has 1 amide bonds. The molecule has 1 unspecified atom stereocenters. The van der Waals surface area contributed by atoms with E-state index >= 15 is 0 Å². The van der Waals surface area contributed by atoms with Crippen molar-refractivity contribution in [1.82, 2.24) is 14.8 Å². The predicted molar refractivity (Wildman–Crippen MR) is 118 cm³/mol. The number of hydrogen-bond acceptors (Lipinski definition) is 6. The highest BCUT2D eigenvalue weighted by Crippen LogP contribution is 2.39. The normalized spacial score (nSPS) is 15.1. The monoisotopic (exact) mass is 419 g/mol. The third-order valence-electron chi connectivity index (χ3n) is 4.99. The fraction of sp³-hybridized carbons (Fsp3) is 0.261. The Balaban J connectivity index is 1.77. The van der Waals surface area contributed by atoms with Crippen LogP contribution in [0.3, 0.4) is 0 Å². The first-order valence-electron chi connectivity index (χ1n) is 10.3. The number of nitrogens with zero attached hydrogens (tertiary/aromatic N) is 3. The number of para-hydroxylation sites is 3. The number of carbonyl (C=O) groups is 1. The van der Waals surface area contributed by atoms with Gasteiger partial charge in [0.25, 0.3) is 5.91 Å². The first-order chi connectivity index (χ1) is 15.1. The lowest BCUT2D eigenvalue weighted by molar-refractivity contribution is -0.113. The maximum absolute atomic E-state index is 13.6. The van der Waals surface area contributed by atoms with Crippen LogP contribution in [0.25, 0.3) is 0 Å². The van der Waals surface area contributed by atoms with Crippen molar-refractivity contribution in [2.24, 2.45) is 0 Å². The van der Waals surface area contributed by atoms with Crippen LogP contribution in [0.5, 0.6) is 11.5 Å². The minimum Gasteiger partial charge on any atom is -0.494 e. The molecule has 1 aromatic heterocycles. The van der Waals surface area contributed by atoms with E-state index in [0.29, 0.717) is 47.6 Å². The zero-order chi connectivity index (χ0) is 21.8. The van der Waals surface area contributed by atoms with Crippen LogP contribution in [0, 0.1) is 0 Å². The second kappa shape index (κ2) is 8.91. The Hall–Kier alpha value is -3.81. The van der Waals surface area contributed by atoms with Crippen LogP contribution in [-0.4, -0.2) is 33.9 Å². The van der Waals surface area contributed by atoms with Crippen molar-refractivity contribution < 1.29 is 14.3 Å². The fourth-order valence-corrected chi connectivity index (χ4v) is 3.71. The van der Waals surface area contributed by atoms with Crippen LogP contribution in [0.2, 0.25) is 0 Å². The van der Waals surface area contributed by atoms with Crippen molar-refractivity contribution >= 4 is 17.5 Å². The maximum Gasteiger partial charge on any atom is 0.255 e. The van der Waals surface area contributed by atoms with Crippen molar-refractivity contribution in [3.8, 4) is 11.5 Å². The molecular formula is C23H25N5O3. The maximum atomic E-state index is 13.6. The molecule has 2 heterocycles. The Bertz CT molecular complexity index is 1120. The Morgan fingerprint density at radius 3 is 2.52 bits per heavy atom. The number of nitrogens with one attached hydrogen (secondary N) is 2. The summed E-state index contributed by atoms with van der Waals surface area (Å²) in [5.74, 6) is 1.63. The molecule has 0 aliphatic carbocycles. The standard InChI is InChI=1S/C23H25N5O3/c1-4-30-18-12-8-6-10-16(18)21-20(15(3)26-23-24-14-25-28(21)23)22(29)27-17-11-7-9-13-19(17)31-5-2/h6-14,21H,4-5H2,1-3H3,(H,27,29)(H,24,25,26). The van der Waals surface area contributed by atoms with Gasteiger partial charge >= 0.3 is 0 Å². The van der Waals surface area contributed by atoms with Crippen molar-refractivity contribution in [2.75, 3.05) is 23.8 Å². The third-order valence-corrected chi connectivity index (χ3v) is 4.99. The van der Waals surface area contributed by atoms with Gasteiger partial charge < -0.3 is 20.1 Å². The Kier molecular flexibility index (Phi) is 5.88. The lowest BCUT2D eigenvalue weighted by Crippen LogP contribution is -2.31. The average molecular weight is 419 g/mol. The van der Waals surface area contributed by atoms with E-state index in [0.717, 1.165) is 5.56 Å². The molecule has 0 spiro atoms. The number of hydrogen-bond donors (Lipinski definition) is 2. The highest BCUT2D eigenvalue weighted by Gasteiger charge is 2.35. The Labute approximate surface area is 180 Å². The van der Waals surface area contributed by atoms with E-state index in [1.54, 1.807) is 4.68 Å². The quantitative estimate of drug-likeness (QED) is 0.602. The van der Waals surface area contributed by atoms with Gasteiger partial charge in [-0.25, -0.2) is 4.68 Å². The highest BCUT2D eigenvalue weighted by molar-refractivity contribution is 6.06. The molecule has 1 aliphatic heterocycles. The van der Waals surface area contributed by atoms with E-state index in [2.05, 4.69) is 20.7 Å². The van der Waals surface area contributed by atoms with Crippen LogP contribution in [0.4, 0.5) is 11.6 Å². The van der Waals surface area contributed by atoms with Crippen LogP contribution in [0.1, 0.15) is 32.4 Å². The van der Waals surface area contributed by atoms with Gasteiger partial charge in [-0.05, 0) is 39.0 Å². The molecule has 0 saturated heterocycles. The number of aromatic nitrogens is 3. The van der Waals surface area contributed by atoms with Crippen molar-refractivity contribution in [3.05, 3.63) is 71.7 Å². The summed E-state index contributed by atoms with van der Waals surface area (Å²) in [5.41, 5.74) is 2.66. The van der Waals surface area contributed by atoms with Crippen LogP contribution in [0.15, 0.2) is 66.1 Å². The lowest BCUT2D eigenvalue weighted by atomic mass is 9.94. The summed E-state index contributed by atoms with van der Waals surface area (Å²) < 4.78 is 13.2. The first kappa shape index (κ1) is 20.5. The van der Waals surface area contributed by atoms with E-state index in [1.807, 2.05) is 69.3 Å². The Morgan fingerprint density at radius 2 is 1.74 bits per heavy atom. The largest absolute Gasteiger partial charge is 0.494 e. The number of rotatable bonds is 7. The molecule has 2 aromatic carbocycles. The van der Waals surface area contributed by atoms with Gasteiger partial charge in [-0.3, -0.25) is 4.79 Å². The zero-order valence-corrected chi connectivity index (χ0v) is 17.8. The van der Waals surface area contributed by atoms with Gasteiger partial charge in [0.05, 0.1) is 24.5 Å². The summed E-state index contributed by atoms with van der Waals surface area (Å²) in [6.07, 6.45) is 1.47. The first-order valence-corrected chi connectivity index (χ1v) is 10.3. The topological polar surface area (TPSA) is 90.3 Å². The summed E-state index contributed by atoms with van der Waals surface area (Å²) in [6.45, 7) is 6.71. The van der Waals surface area contributed by atoms with Gasteiger partial charge in [0.2, 0.25) is 5.95 Å². The lowest BCUT2D eigenvalue weighted by Gasteiger charge is -2.29. The molecule has 160 valence electrons. The molecular weight excluding hydrogens is 394 g/mol. The fourth-order valence-electron chi connectivity index (χ4n) is 3.71. The number of benzene rings is 2. The molecule has 1 atom stereocenters. The number of allylic oxidation sites excluding steroid dienone is 1. The van der Waals surface area contributed by atoms with Gasteiger partial charge in [-0.15, -0.1) is 0 Å². The second-order valence-electron chi connectivity index (χ2n) is 6.95. The van der Waals surface area contributed by atoms with E-state index in [4.69, 9.17) is 9.47 Å². The SMILES string of the molecule is CCOc1ccccc1NC(=O)C1=C(C)Nc2ncnn2C1c1ccccc1OCC. The summed E-state index contributed by atoms with van der Waals surface area (Å²) in [4.78, 5) is 17.8. The zero-order valence-electron chi connectivity index (χ0n) is 17.8. The highest BCUT2D eigenvalue weighted by atomic mass is 16.5. The van der Waals surface area contributed by atoms with Crippen molar-refractivity contribution in [1.29, 1.82) is 0 Å². The van der Waals surface area contributed by atoms with Gasteiger partial charge in [-0.1, -0.05) is 30.3 Å². The molecule has 8 nitrogen and oxygen atoms in total. The molecule has 0 radical (unpaired) electrons. The van der Waals surface area contributed by atoms with Crippen molar-refractivity contribution in [2.45, 2.75) is 26.8 Å². The molecule has 31 heavy (non-hydrogen) atoms. The average Bonchev–Trinajstić information content (AvgIpc) is 3.23.